The number of halogens is 1. The van der Waals surface area contributed by atoms with E-state index >= 15 is 0 Å². The van der Waals surface area contributed by atoms with Crippen molar-refractivity contribution in [1.82, 2.24) is 4.90 Å². The van der Waals surface area contributed by atoms with E-state index in [1.807, 2.05) is 24.3 Å². The van der Waals surface area contributed by atoms with Gasteiger partial charge in [-0.25, -0.2) is 0 Å². The highest BCUT2D eigenvalue weighted by atomic mass is 35.5. The lowest BCUT2D eigenvalue weighted by atomic mass is 9.80. The molecule has 24 heavy (non-hydrogen) atoms. The average Bonchev–Trinajstić information content (AvgIpc) is 2.57. The smallest absolute Gasteiger partial charge is 0.313 e. The monoisotopic (exact) mass is 371 g/mol. The van der Waals surface area contributed by atoms with E-state index in [0.717, 1.165) is 11.3 Å². The zero-order valence-corrected chi connectivity index (χ0v) is 15.2. The molecule has 5 nitrogen and oxygen atoms in total. The van der Waals surface area contributed by atoms with Crippen LogP contribution in [-0.4, -0.2) is 54.4 Å². The van der Waals surface area contributed by atoms with Crippen LogP contribution >= 0.6 is 23.4 Å². The summed E-state index contributed by atoms with van der Waals surface area (Å²) < 4.78 is 5.09. The van der Waals surface area contributed by atoms with Crippen molar-refractivity contribution in [2.45, 2.75) is 18.6 Å². The molecule has 0 spiro atoms. The first kappa shape index (κ1) is 19.1. The number of aliphatic carboxylic acids is 1. The van der Waals surface area contributed by atoms with Crippen LogP contribution in [0.1, 0.15) is 18.4 Å². The molecule has 0 aliphatic carbocycles. The summed E-state index contributed by atoms with van der Waals surface area (Å²) in [5.74, 6) is 0.149. The molecule has 7 heteroatoms. The van der Waals surface area contributed by atoms with E-state index in [-0.39, 0.29) is 19.1 Å². The number of carboxylic acids is 1. The first-order valence-electron chi connectivity index (χ1n) is 7.79. The van der Waals surface area contributed by atoms with Crippen molar-refractivity contribution < 1.29 is 19.4 Å². The molecule has 1 aliphatic rings. The summed E-state index contributed by atoms with van der Waals surface area (Å²) in [6.45, 7) is 0.958. The van der Waals surface area contributed by atoms with Gasteiger partial charge in [-0.1, -0.05) is 23.7 Å². The third-order valence-electron chi connectivity index (χ3n) is 4.21. The normalized spacial score (nSPS) is 20.8. The number of rotatable bonds is 7. The Kier molecular flexibility index (Phi) is 6.95. The lowest BCUT2D eigenvalue weighted by Crippen LogP contribution is -2.52. The van der Waals surface area contributed by atoms with Crippen LogP contribution in [-0.2, 0) is 20.1 Å². The molecule has 0 saturated carbocycles. The van der Waals surface area contributed by atoms with E-state index in [9.17, 15) is 14.7 Å². The number of benzene rings is 1. The van der Waals surface area contributed by atoms with Gasteiger partial charge >= 0.3 is 5.97 Å². The number of hydrogen-bond acceptors (Lipinski definition) is 4. The molecule has 1 N–H and O–H groups in total. The van der Waals surface area contributed by atoms with Gasteiger partial charge in [0.05, 0.1) is 12.4 Å². The molecule has 1 saturated heterocycles. The van der Waals surface area contributed by atoms with Gasteiger partial charge in [-0.05, 0) is 30.5 Å². The average molecular weight is 372 g/mol. The number of piperidine rings is 1. The Bertz CT molecular complexity index is 576. The Labute approximate surface area is 151 Å². The van der Waals surface area contributed by atoms with E-state index in [2.05, 4.69) is 0 Å². The fraction of sp³-hybridized carbons (Fsp3) is 0.529. The summed E-state index contributed by atoms with van der Waals surface area (Å²) >= 11 is 7.37. The first-order chi connectivity index (χ1) is 11.5. The number of methoxy groups -OCH3 is 1. The van der Waals surface area contributed by atoms with Gasteiger partial charge in [0.2, 0.25) is 5.91 Å². The molecule has 132 valence electrons. The molecule has 2 rings (SSSR count). The van der Waals surface area contributed by atoms with Crippen molar-refractivity contribution >= 4 is 35.2 Å². The second-order valence-electron chi connectivity index (χ2n) is 6.06. The van der Waals surface area contributed by atoms with Crippen LogP contribution in [0, 0.1) is 5.41 Å². The van der Waals surface area contributed by atoms with Gasteiger partial charge < -0.3 is 14.7 Å². The molecule has 1 atom stereocenters. The van der Waals surface area contributed by atoms with E-state index in [1.54, 1.807) is 4.90 Å². The zero-order valence-electron chi connectivity index (χ0n) is 13.7. The molecule has 1 aliphatic heterocycles. The van der Waals surface area contributed by atoms with E-state index in [4.69, 9.17) is 16.3 Å². The SMILES string of the molecule is COCC1(C(=O)O)CCCN(C(=O)CSCc2ccc(Cl)cc2)C1. The Morgan fingerprint density at radius 1 is 1.38 bits per heavy atom. The summed E-state index contributed by atoms with van der Waals surface area (Å²) in [6, 6.07) is 7.54. The number of carbonyl (C=O) groups is 2. The van der Waals surface area contributed by atoms with Crippen molar-refractivity contribution in [3.8, 4) is 0 Å². The Morgan fingerprint density at radius 3 is 2.71 bits per heavy atom. The Morgan fingerprint density at radius 2 is 2.08 bits per heavy atom. The molecular formula is C17H22ClNO4S. The maximum atomic E-state index is 12.4. The van der Waals surface area contributed by atoms with Crippen molar-refractivity contribution in [2.24, 2.45) is 5.41 Å². The summed E-state index contributed by atoms with van der Waals surface area (Å²) in [6.07, 6.45) is 1.22. The highest BCUT2D eigenvalue weighted by molar-refractivity contribution is 7.99. The summed E-state index contributed by atoms with van der Waals surface area (Å²) in [5.41, 5.74) is 0.124. The minimum absolute atomic E-state index is 0.0182. The van der Waals surface area contributed by atoms with Gasteiger partial charge in [-0.15, -0.1) is 11.8 Å². The number of amides is 1. The predicted molar refractivity (Wildman–Crippen MR) is 95.4 cm³/mol. The Balaban J connectivity index is 1.87. The highest BCUT2D eigenvalue weighted by Crippen LogP contribution is 2.31. The predicted octanol–water partition coefficient (Wildman–Crippen LogP) is 2.91. The number of carboxylic acid groups (broad SMARTS) is 1. The second kappa shape index (κ2) is 8.74. The first-order valence-corrected chi connectivity index (χ1v) is 9.32. The van der Waals surface area contributed by atoms with E-state index in [1.165, 1.54) is 18.9 Å². The van der Waals surface area contributed by atoms with Crippen LogP contribution in [0.2, 0.25) is 5.02 Å². The van der Waals surface area contributed by atoms with Gasteiger partial charge in [0.1, 0.15) is 5.41 Å². The third-order valence-corrected chi connectivity index (χ3v) is 5.45. The zero-order chi connectivity index (χ0) is 17.6. The number of thioether (sulfide) groups is 1. The summed E-state index contributed by atoms with van der Waals surface area (Å²) in [5, 5.41) is 10.2. The summed E-state index contributed by atoms with van der Waals surface area (Å²) in [4.78, 5) is 25.7. The topological polar surface area (TPSA) is 66.8 Å². The standard InChI is InChI=1S/C17H22ClNO4S/c1-23-12-17(16(21)22)7-2-8-19(11-17)15(20)10-24-9-13-3-5-14(18)6-4-13/h3-6H,2,7-12H2,1H3,(H,21,22). The molecule has 1 amide bonds. The van der Waals surface area contributed by atoms with Crippen LogP contribution in [0.25, 0.3) is 0 Å². The highest BCUT2D eigenvalue weighted by Gasteiger charge is 2.43. The molecule has 1 heterocycles. The fourth-order valence-electron chi connectivity index (χ4n) is 2.90. The molecule has 1 aromatic carbocycles. The molecule has 0 bridgehead atoms. The van der Waals surface area contributed by atoms with Crippen LogP contribution in [0.5, 0.6) is 0 Å². The largest absolute Gasteiger partial charge is 0.481 e. The molecule has 1 aromatic rings. The van der Waals surface area contributed by atoms with Crippen LogP contribution < -0.4 is 0 Å². The van der Waals surface area contributed by atoms with E-state index in [0.29, 0.717) is 30.2 Å². The van der Waals surface area contributed by atoms with Crippen molar-refractivity contribution in [3.63, 3.8) is 0 Å². The van der Waals surface area contributed by atoms with Crippen molar-refractivity contribution in [2.75, 3.05) is 32.6 Å². The van der Waals surface area contributed by atoms with Crippen molar-refractivity contribution in [1.29, 1.82) is 0 Å². The maximum absolute atomic E-state index is 12.4. The number of carbonyl (C=O) groups excluding carboxylic acids is 1. The number of nitrogens with zero attached hydrogens (tertiary/aromatic N) is 1. The van der Waals surface area contributed by atoms with E-state index < -0.39 is 11.4 Å². The molecule has 1 unspecified atom stereocenters. The van der Waals surface area contributed by atoms with Gasteiger partial charge in [0.15, 0.2) is 0 Å². The molecule has 0 aromatic heterocycles. The minimum Gasteiger partial charge on any atom is -0.481 e. The lowest BCUT2D eigenvalue weighted by molar-refractivity contribution is -0.158. The number of likely N-dealkylation sites (tertiary alicyclic amines) is 1. The van der Waals surface area contributed by atoms with Crippen LogP contribution in [0.3, 0.4) is 0 Å². The number of hydrogen-bond donors (Lipinski definition) is 1. The van der Waals surface area contributed by atoms with Crippen molar-refractivity contribution in [3.05, 3.63) is 34.9 Å². The summed E-state index contributed by atoms with van der Waals surface area (Å²) in [7, 11) is 1.49. The van der Waals surface area contributed by atoms with Crippen LogP contribution in [0.15, 0.2) is 24.3 Å². The third kappa shape index (κ3) is 4.88. The lowest BCUT2D eigenvalue weighted by Gasteiger charge is -2.39. The van der Waals surface area contributed by atoms with Gasteiger partial charge in [0, 0.05) is 31.0 Å². The molecule has 1 fully saturated rings. The quantitative estimate of drug-likeness (QED) is 0.798. The second-order valence-corrected chi connectivity index (χ2v) is 7.48. The van der Waals surface area contributed by atoms with Gasteiger partial charge in [0.25, 0.3) is 0 Å². The molecule has 0 radical (unpaired) electrons. The van der Waals surface area contributed by atoms with Gasteiger partial charge in [-0.3, -0.25) is 9.59 Å². The fourth-order valence-corrected chi connectivity index (χ4v) is 3.92. The Hall–Kier alpha value is -1.24. The van der Waals surface area contributed by atoms with Gasteiger partial charge in [-0.2, -0.15) is 0 Å². The maximum Gasteiger partial charge on any atom is 0.313 e. The number of ether oxygens (including phenoxy) is 1. The van der Waals surface area contributed by atoms with Crippen LogP contribution in [0.4, 0.5) is 0 Å². The minimum atomic E-state index is -0.983. The molecular weight excluding hydrogens is 350 g/mol.